The number of carbonyl (C=O) groups is 1. The third-order valence-electron chi connectivity index (χ3n) is 5.71. The standard InChI is InChI=1S/C24H26ClN5O2/c1-5-18(24(31)26-6-2)22-23-29-28-14(3)30(23)20-12-11-17(32-4)13-19(20)21(27-22)15-7-9-16(25)10-8-15/h7-13,18,22H,5-6H2,1-4H3,(H,26,31)/t18-,22+/m1/s1. The molecule has 0 saturated carbocycles. The predicted octanol–water partition coefficient (Wildman–Crippen LogP) is 4.29. The van der Waals surface area contributed by atoms with Gasteiger partial charge < -0.3 is 10.1 Å². The van der Waals surface area contributed by atoms with Gasteiger partial charge in [0.1, 0.15) is 17.6 Å². The number of hydrogen-bond acceptors (Lipinski definition) is 5. The van der Waals surface area contributed by atoms with Gasteiger partial charge in [0.15, 0.2) is 5.82 Å². The summed E-state index contributed by atoms with van der Waals surface area (Å²) in [4.78, 5) is 18.1. The van der Waals surface area contributed by atoms with Crippen molar-refractivity contribution >= 4 is 23.2 Å². The molecule has 0 aliphatic carbocycles. The number of amides is 1. The number of fused-ring (bicyclic) bond motifs is 3. The molecule has 1 aromatic heterocycles. The zero-order chi connectivity index (χ0) is 22.8. The second-order valence-electron chi connectivity index (χ2n) is 7.66. The molecule has 0 radical (unpaired) electrons. The summed E-state index contributed by atoms with van der Waals surface area (Å²) in [7, 11) is 1.64. The zero-order valence-electron chi connectivity index (χ0n) is 18.6. The Hall–Kier alpha value is -3.19. The first-order chi connectivity index (χ1) is 15.5. The van der Waals surface area contributed by atoms with Gasteiger partial charge in [-0.3, -0.25) is 14.4 Å². The van der Waals surface area contributed by atoms with Crippen LogP contribution in [0.25, 0.3) is 5.69 Å². The van der Waals surface area contributed by atoms with E-state index >= 15 is 0 Å². The highest BCUT2D eigenvalue weighted by molar-refractivity contribution is 6.30. The van der Waals surface area contributed by atoms with Gasteiger partial charge in [0.05, 0.1) is 24.4 Å². The van der Waals surface area contributed by atoms with Gasteiger partial charge >= 0.3 is 0 Å². The minimum absolute atomic E-state index is 0.0463. The van der Waals surface area contributed by atoms with Gasteiger partial charge in [-0.1, -0.05) is 30.7 Å². The molecule has 1 N–H and O–H groups in total. The van der Waals surface area contributed by atoms with Crippen molar-refractivity contribution in [1.29, 1.82) is 0 Å². The van der Waals surface area contributed by atoms with Crippen LogP contribution in [0.4, 0.5) is 0 Å². The Morgan fingerprint density at radius 1 is 1.19 bits per heavy atom. The summed E-state index contributed by atoms with van der Waals surface area (Å²) in [5, 5.41) is 12.4. The highest BCUT2D eigenvalue weighted by Crippen LogP contribution is 2.37. The highest BCUT2D eigenvalue weighted by atomic mass is 35.5. The summed E-state index contributed by atoms with van der Waals surface area (Å²) in [5.74, 6) is 1.66. The van der Waals surface area contributed by atoms with Crippen molar-refractivity contribution in [2.45, 2.75) is 33.2 Å². The summed E-state index contributed by atoms with van der Waals surface area (Å²) in [6, 6.07) is 12.9. The lowest BCUT2D eigenvalue weighted by molar-refractivity contribution is -0.125. The number of carbonyl (C=O) groups excluding carboxylic acids is 1. The third-order valence-corrected chi connectivity index (χ3v) is 5.96. The van der Waals surface area contributed by atoms with E-state index in [1.165, 1.54) is 0 Å². The Morgan fingerprint density at radius 2 is 1.94 bits per heavy atom. The molecule has 1 aliphatic heterocycles. The van der Waals surface area contributed by atoms with Crippen LogP contribution in [0.5, 0.6) is 5.75 Å². The van der Waals surface area contributed by atoms with Gasteiger partial charge in [-0.05, 0) is 50.6 Å². The number of aromatic nitrogens is 3. The molecule has 7 nitrogen and oxygen atoms in total. The number of rotatable bonds is 6. The maximum Gasteiger partial charge on any atom is 0.225 e. The van der Waals surface area contributed by atoms with Gasteiger partial charge in [-0.2, -0.15) is 0 Å². The Balaban J connectivity index is 2.01. The Kier molecular flexibility index (Phi) is 6.28. The van der Waals surface area contributed by atoms with Crippen LogP contribution in [-0.2, 0) is 4.79 Å². The average molecular weight is 452 g/mol. The average Bonchev–Trinajstić information content (AvgIpc) is 3.11. The van der Waals surface area contributed by atoms with Gasteiger partial charge in [0, 0.05) is 22.7 Å². The van der Waals surface area contributed by atoms with Crippen LogP contribution < -0.4 is 10.1 Å². The molecule has 0 saturated heterocycles. The molecule has 0 fully saturated rings. The number of halogens is 1. The van der Waals surface area contributed by atoms with E-state index in [-0.39, 0.29) is 5.91 Å². The van der Waals surface area contributed by atoms with Gasteiger partial charge in [-0.25, -0.2) is 0 Å². The van der Waals surface area contributed by atoms with Crippen LogP contribution in [0.3, 0.4) is 0 Å². The topological polar surface area (TPSA) is 81.4 Å². The fourth-order valence-electron chi connectivity index (χ4n) is 4.13. The minimum atomic E-state index is -0.503. The third kappa shape index (κ3) is 3.88. The largest absolute Gasteiger partial charge is 0.497 e. The van der Waals surface area contributed by atoms with Crippen molar-refractivity contribution in [3.63, 3.8) is 0 Å². The van der Waals surface area contributed by atoms with E-state index in [0.717, 1.165) is 28.4 Å². The molecule has 32 heavy (non-hydrogen) atoms. The fourth-order valence-corrected chi connectivity index (χ4v) is 4.25. The molecule has 2 atom stereocenters. The fraction of sp³-hybridized carbons (Fsp3) is 0.333. The molecule has 3 aromatic rings. The summed E-state index contributed by atoms with van der Waals surface area (Å²) >= 11 is 6.15. The van der Waals surface area contributed by atoms with Crippen LogP contribution in [0, 0.1) is 12.8 Å². The zero-order valence-corrected chi connectivity index (χ0v) is 19.3. The quantitative estimate of drug-likeness (QED) is 0.606. The molecule has 0 spiro atoms. The highest BCUT2D eigenvalue weighted by Gasteiger charge is 2.36. The number of ether oxygens (including phenoxy) is 1. The number of nitrogens with one attached hydrogen (secondary N) is 1. The smallest absolute Gasteiger partial charge is 0.225 e. The normalized spacial score (nSPS) is 15.8. The van der Waals surface area contributed by atoms with Crippen LogP contribution in [-0.4, -0.2) is 40.0 Å². The number of nitrogens with zero attached hydrogens (tertiary/aromatic N) is 4. The molecule has 2 aromatic carbocycles. The van der Waals surface area contributed by atoms with E-state index in [9.17, 15) is 4.79 Å². The number of aryl methyl sites for hydroxylation is 1. The van der Waals surface area contributed by atoms with Gasteiger partial charge in [-0.15, -0.1) is 10.2 Å². The van der Waals surface area contributed by atoms with E-state index in [2.05, 4.69) is 15.5 Å². The van der Waals surface area contributed by atoms with E-state index < -0.39 is 12.0 Å². The van der Waals surface area contributed by atoms with Crippen LogP contribution >= 0.6 is 11.6 Å². The summed E-state index contributed by atoms with van der Waals surface area (Å²) in [6.07, 6.45) is 0.611. The van der Waals surface area contributed by atoms with Gasteiger partial charge in [0.2, 0.25) is 5.91 Å². The van der Waals surface area contributed by atoms with Crippen molar-refractivity contribution in [3.8, 4) is 11.4 Å². The molecule has 4 rings (SSSR count). The number of hydrogen-bond donors (Lipinski definition) is 1. The molecule has 8 heteroatoms. The summed E-state index contributed by atoms with van der Waals surface area (Å²) < 4.78 is 7.50. The predicted molar refractivity (Wildman–Crippen MR) is 125 cm³/mol. The molecule has 2 heterocycles. The molecule has 0 bridgehead atoms. The second kappa shape index (κ2) is 9.12. The van der Waals surface area contributed by atoms with E-state index in [1.807, 2.05) is 67.8 Å². The number of methoxy groups -OCH3 is 1. The Morgan fingerprint density at radius 3 is 2.59 bits per heavy atom. The van der Waals surface area contributed by atoms with E-state index in [1.54, 1.807) is 7.11 Å². The minimum Gasteiger partial charge on any atom is -0.497 e. The van der Waals surface area contributed by atoms with Crippen LogP contribution in [0.1, 0.15) is 49.1 Å². The monoisotopic (exact) mass is 451 g/mol. The maximum atomic E-state index is 13.0. The Labute approximate surface area is 192 Å². The molecule has 0 unspecified atom stereocenters. The molecule has 1 amide bonds. The first-order valence-corrected chi connectivity index (χ1v) is 11.1. The number of aliphatic imine (C=N–C) groups is 1. The lowest BCUT2D eigenvalue weighted by Crippen LogP contribution is -2.34. The first-order valence-electron chi connectivity index (χ1n) is 10.7. The van der Waals surface area contributed by atoms with E-state index in [0.29, 0.717) is 29.6 Å². The van der Waals surface area contributed by atoms with Crippen LogP contribution in [0.15, 0.2) is 47.5 Å². The Bertz CT molecular complexity index is 1170. The maximum absolute atomic E-state index is 13.0. The van der Waals surface area contributed by atoms with Crippen molar-refractivity contribution in [3.05, 3.63) is 70.3 Å². The van der Waals surface area contributed by atoms with Crippen LogP contribution in [0.2, 0.25) is 5.02 Å². The molecule has 1 aliphatic rings. The number of benzene rings is 2. The summed E-state index contributed by atoms with van der Waals surface area (Å²) in [6.45, 7) is 6.36. The lowest BCUT2D eigenvalue weighted by atomic mass is 9.94. The van der Waals surface area contributed by atoms with Crippen molar-refractivity contribution in [1.82, 2.24) is 20.1 Å². The van der Waals surface area contributed by atoms with Gasteiger partial charge in [0.25, 0.3) is 0 Å². The molecular weight excluding hydrogens is 426 g/mol. The van der Waals surface area contributed by atoms with E-state index in [4.69, 9.17) is 21.3 Å². The van der Waals surface area contributed by atoms with Crippen molar-refractivity contribution < 1.29 is 9.53 Å². The molecule has 166 valence electrons. The lowest BCUT2D eigenvalue weighted by Gasteiger charge is -2.21. The molecular formula is C24H26ClN5O2. The van der Waals surface area contributed by atoms with Crippen molar-refractivity contribution in [2.24, 2.45) is 10.9 Å². The summed E-state index contributed by atoms with van der Waals surface area (Å²) in [5.41, 5.74) is 3.43. The SMILES string of the molecule is CCNC(=O)[C@H](CC)[C@@H]1N=C(c2ccc(Cl)cc2)c2cc(OC)ccc2-n2c(C)nnc21. The first kappa shape index (κ1) is 22.0. The second-order valence-corrected chi connectivity index (χ2v) is 8.10. The van der Waals surface area contributed by atoms with Crippen molar-refractivity contribution in [2.75, 3.05) is 13.7 Å².